The summed E-state index contributed by atoms with van der Waals surface area (Å²) in [5, 5.41) is 8.54. The van der Waals surface area contributed by atoms with Gasteiger partial charge in [0.05, 0.1) is 5.02 Å². The van der Waals surface area contributed by atoms with Crippen LogP contribution in [0.3, 0.4) is 0 Å². The van der Waals surface area contributed by atoms with Crippen LogP contribution in [0.4, 0.5) is 0 Å². The van der Waals surface area contributed by atoms with E-state index in [1.54, 1.807) is 0 Å². The topological polar surface area (TPSA) is 57.0 Å². The van der Waals surface area contributed by atoms with Crippen molar-refractivity contribution in [1.82, 2.24) is 15.0 Å². The van der Waals surface area contributed by atoms with Crippen LogP contribution in [0, 0.1) is 27.7 Å². The highest BCUT2D eigenvalue weighted by Crippen LogP contribution is 2.29. The first kappa shape index (κ1) is 16.5. The highest BCUT2D eigenvalue weighted by atomic mass is 35.5. The van der Waals surface area contributed by atoms with E-state index in [2.05, 4.69) is 10.3 Å². The third-order valence-corrected chi connectivity index (χ3v) is 4.11. The van der Waals surface area contributed by atoms with Crippen LogP contribution in [0.5, 0.6) is 5.75 Å². The number of aromatic nitrogens is 3. The predicted molar refractivity (Wildman–Crippen MR) is 94.0 cm³/mol. The standard InChI is InChI=1S/C18H18ClN3O2/c1-10-6-13(4)18(14(19)7-10)24-9-16(23)22-17-12(3)5-11(2)8-15(17)20-21-22/h5-8H,9H2,1-4H3. The molecule has 0 bridgehead atoms. The SMILES string of the molecule is Cc1cc(C)c(OCC(=O)n2nnc3cc(C)cc(C)c32)c(Cl)c1. The van der Waals surface area contributed by atoms with Gasteiger partial charge < -0.3 is 4.74 Å². The van der Waals surface area contributed by atoms with Crippen molar-refractivity contribution in [3.05, 3.63) is 51.5 Å². The third kappa shape index (κ3) is 2.99. The van der Waals surface area contributed by atoms with E-state index in [1.807, 2.05) is 52.0 Å². The van der Waals surface area contributed by atoms with Gasteiger partial charge >= 0.3 is 0 Å². The molecule has 6 heteroatoms. The zero-order valence-corrected chi connectivity index (χ0v) is 14.8. The number of hydrogen-bond donors (Lipinski definition) is 0. The number of carbonyl (C=O) groups excluding carboxylic acids is 1. The second-order valence-corrected chi connectivity index (χ2v) is 6.43. The van der Waals surface area contributed by atoms with Crippen molar-refractivity contribution < 1.29 is 9.53 Å². The van der Waals surface area contributed by atoms with E-state index < -0.39 is 0 Å². The molecular formula is C18H18ClN3O2. The summed E-state index contributed by atoms with van der Waals surface area (Å²) in [6.45, 7) is 7.62. The first-order chi connectivity index (χ1) is 11.4. The van der Waals surface area contributed by atoms with Gasteiger partial charge in [-0.05, 0) is 62.1 Å². The highest BCUT2D eigenvalue weighted by Gasteiger charge is 2.16. The van der Waals surface area contributed by atoms with Crippen LogP contribution in [0.25, 0.3) is 11.0 Å². The Hall–Kier alpha value is -2.40. The smallest absolute Gasteiger partial charge is 0.286 e. The second-order valence-electron chi connectivity index (χ2n) is 6.03. The molecular weight excluding hydrogens is 326 g/mol. The van der Waals surface area contributed by atoms with Gasteiger partial charge in [-0.3, -0.25) is 4.79 Å². The van der Waals surface area contributed by atoms with Gasteiger partial charge in [-0.1, -0.05) is 28.9 Å². The first-order valence-corrected chi connectivity index (χ1v) is 8.00. The number of aryl methyl sites for hydroxylation is 4. The van der Waals surface area contributed by atoms with Crippen LogP contribution in [0.15, 0.2) is 24.3 Å². The minimum atomic E-state index is -0.291. The lowest BCUT2D eigenvalue weighted by Crippen LogP contribution is -2.21. The molecule has 1 aromatic heterocycles. The van der Waals surface area contributed by atoms with Crippen LogP contribution in [-0.2, 0) is 0 Å². The molecule has 24 heavy (non-hydrogen) atoms. The number of rotatable bonds is 3. The Kier molecular flexibility index (Phi) is 4.28. The maximum Gasteiger partial charge on any atom is 0.286 e. The molecule has 0 atom stereocenters. The molecule has 0 saturated heterocycles. The Bertz CT molecular complexity index is 924. The minimum Gasteiger partial charge on any atom is -0.482 e. The zero-order chi connectivity index (χ0) is 17.4. The van der Waals surface area contributed by atoms with Crippen molar-refractivity contribution in [2.75, 3.05) is 6.61 Å². The van der Waals surface area contributed by atoms with Crippen molar-refractivity contribution in [3.8, 4) is 5.75 Å². The molecule has 0 aliphatic rings. The highest BCUT2D eigenvalue weighted by molar-refractivity contribution is 6.32. The predicted octanol–water partition coefficient (Wildman–Crippen LogP) is 4.04. The molecule has 3 aromatic rings. The van der Waals surface area contributed by atoms with Crippen LogP contribution in [0.2, 0.25) is 5.02 Å². The van der Waals surface area contributed by atoms with Gasteiger partial charge in [-0.25, -0.2) is 0 Å². The van der Waals surface area contributed by atoms with E-state index in [4.69, 9.17) is 16.3 Å². The summed E-state index contributed by atoms with van der Waals surface area (Å²) in [7, 11) is 0. The second kappa shape index (κ2) is 6.24. The van der Waals surface area contributed by atoms with Crippen molar-refractivity contribution >= 4 is 28.5 Å². The number of halogens is 1. The van der Waals surface area contributed by atoms with Crippen molar-refractivity contribution in [3.63, 3.8) is 0 Å². The fraction of sp³-hybridized carbons (Fsp3) is 0.278. The van der Waals surface area contributed by atoms with E-state index in [0.29, 0.717) is 21.8 Å². The van der Waals surface area contributed by atoms with Gasteiger partial charge in [0.15, 0.2) is 6.61 Å². The molecule has 1 heterocycles. The molecule has 124 valence electrons. The number of fused-ring (bicyclic) bond motifs is 1. The molecule has 0 amide bonds. The van der Waals surface area contributed by atoms with Gasteiger partial charge in [0.1, 0.15) is 16.8 Å². The molecule has 5 nitrogen and oxygen atoms in total. The van der Waals surface area contributed by atoms with Crippen LogP contribution < -0.4 is 4.74 Å². The van der Waals surface area contributed by atoms with E-state index >= 15 is 0 Å². The van der Waals surface area contributed by atoms with Crippen molar-refractivity contribution in [2.45, 2.75) is 27.7 Å². The molecule has 0 saturated carbocycles. The number of ether oxygens (including phenoxy) is 1. The molecule has 0 aliphatic carbocycles. The summed E-state index contributed by atoms with van der Waals surface area (Å²) in [4.78, 5) is 12.5. The van der Waals surface area contributed by atoms with E-state index in [0.717, 1.165) is 22.3 Å². The van der Waals surface area contributed by atoms with E-state index in [-0.39, 0.29) is 12.5 Å². The molecule has 0 radical (unpaired) electrons. The van der Waals surface area contributed by atoms with E-state index in [9.17, 15) is 4.79 Å². The normalized spacial score (nSPS) is 11.0. The zero-order valence-electron chi connectivity index (χ0n) is 14.1. The lowest BCUT2D eigenvalue weighted by atomic mass is 10.1. The molecule has 0 unspecified atom stereocenters. The Morgan fingerprint density at radius 2 is 1.75 bits per heavy atom. The largest absolute Gasteiger partial charge is 0.482 e. The maximum atomic E-state index is 12.5. The molecule has 0 fully saturated rings. The number of benzene rings is 2. The van der Waals surface area contributed by atoms with Crippen molar-refractivity contribution in [2.24, 2.45) is 0 Å². The van der Waals surface area contributed by atoms with Crippen LogP contribution >= 0.6 is 11.6 Å². The maximum absolute atomic E-state index is 12.5. The summed E-state index contributed by atoms with van der Waals surface area (Å²) in [6, 6.07) is 7.67. The van der Waals surface area contributed by atoms with Gasteiger partial charge in [0.2, 0.25) is 0 Å². The summed E-state index contributed by atoms with van der Waals surface area (Å²) >= 11 is 6.21. The van der Waals surface area contributed by atoms with Gasteiger partial charge in [0.25, 0.3) is 5.91 Å². The fourth-order valence-corrected chi connectivity index (χ4v) is 3.26. The molecule has 0 spiro atoms. The Labute approximate surface area is 145 Å². The molecule has 3 rings (SSSR count). The average Bonchev–Trinajstić information content (AvgIpc) is 2.89. The molecule has 0 N–H and O–H groups in total. The summed E-state index contributed by atoms with van der Waals surface area (Å²) < 4.78 is 6.94. The Morgan fingerprint density at radius 1 is 1.08 bits per heavy atom. The minimum absolute atomic E-state index is 0.157. The summed E-state index contributed by atoms with van der Waals surface area (Å²) in [5.41, 5.74) is 5.38. The quantitative estimate of drug-likeness (QED) is 0.720. The van der Waals surface area contributed by atoms with Gasteiger partial charge in [-0.2, -0.15) is 4.68 Å². The van der Waals surface area contributed by atoms with Gasteiger partial charge in [0, 0.05) is 0 Å². The lowest BCUT2D eigenvalue weighted by molar-refractivity contribution is 0.0824. The van der Waals surface area contributed by atoms with Crippen LogP contribution in [0.1, 0.15) is 27.0 Å². The first-order valence-electron chi connectivity index (χ1n) is 7.62. The average molecular weight is 344 g/mol. The third-order valence-electron chi connectivity index (χ3n) is 3.83. The number of carbonyl (C=O) groups is 1. The molecule has 0 aliphatic heterocycles. The monoisotopic (exact) mass is 343 g/mol. The summed E-state index contributed by atoms with van der Waals surface area (Å²) in [5.74, 6) is 0.230. The van der Waals surface area contributed by atoms with Crippen molar-refractivity contribution in [1.29, 1.82) is 0 Å². The van der Waals surface area contributed by atoms with E-state index in [1.165, 1.54) is 4.68 Å². The Balaban J connectivity index is 1.87. The molecule has 2 aromatic carbocycles. The summed E-state index contributed by atoms with van der Waals surface area (Å²) in [6.07, 6.45) is 0. The van der Waals surface area contributed by atoms with Gasteiger partial charge in [-0.15, -0.1) is 5.10 Å². The number of nitrogens with zero attached hydrogens (tertiary/aromatic N) is 3. The van der Waals surface area contributed by atoms with Crippen LogP contribution in [-0.4, -0.2) is 27.5 Å². The fourth-order valence-electron chi connectivity index (χ4n) is 2.88. The number of hydrogen-bond acceptors (Lipinski definition) is 4. The lowest BCUT2D eigenvalue weighted by Gasteiger charge is -2.11. The Morgan fingerprint density at radius 3 is 2.46 bits per heavy atom.